The number of carbonyl (C=O) groups excluding carboxylic acids is 3. The molecule has 0 saturated heterocycles. The maximum absolute atomic E-state index is 12.2. The van der Waals surface area contributed by atoms with Crippen LogP contribution >= 0.6 is 0 Å². The van der Waals surface area contributed by atoms with Crippen molar-refractivity contribution in [2.24, 2.45) is 17.6 Å². The lowest BCUT2D eigenvalue weighted by atomic mass is 9.93. The van der Waals surface area contributed by atoms with Crippen molar-refractivity contribution in [2.75, 3.05) is 13.2 Å². The van der Waals surface area contributed by atoms with Crippen LogP contribution in [0.2, 0.25) is 0 Å². The first-order valence-electron chi connectivity index (χ1n) is 12.8. The summed E-state index contributed by atoms with van der Waals surface area (Å²) in [6, 6.07) is 23.8. The monoisotopic (exact) mass is 523 g/mol. The third-order valence-electron chi connectivity index (χ3n) is 5.13. The fourth-order valence-corrected chi connectivity index (χ4v) is 3.42. The maximum Gasteiger partial charge on any atom is 0.244 e. The van der Waals surface area contributed by atoms with Crippen molar-refractivity contribution < 1.29 is 24.7 Å². The molecule has 1 atom stereocenters. The zero-order valence-corrected chi connectivity index (χ0v) is 22.5. The largest absolute Gasteiger partial charge is 0.396 e. The van der Waals surface area contributed by atoms with Crippen LogP contribution in [-0.4, -0.2) is 41.2 Å². The number of primary amides is 1. The Hall–Kier alpha value is -3.75. The van der Waals surface area contributed by atoms with Crippen LogP contribution in [0.4, 0.5) is 0 Å². The van der Waals surface area contributed by atoms with Gasteiger partial charge in [-0.3, -0.25) is 19.6 Å². The minimum absolute atomic E-state index is 0.200. The van der Waals surface area contributed by atoms with E-state index >= 15 is 0 Å². The van der Waals surface area contributed by atoms with Crippen molar-refractivity contribution >= 4 is 28.5 Å². The molecule has 0 radical (unpaired) electrons. The maximum atomic E-state index is 12.2. The van der Waals surface area contributed by atoms with E-state index in [1.54, 1.807) is 0 Å². The van der Waals surface area contributed by atoms with Gasteiger partial charge in [0.15, 0.2) is 0 Å². The Kier molecular flexibility index (Phi) is 15.7. The fourth-order valence-electron chi connectivity index (χ4n) is 3.42. The number of hydrogen-bond acceptors (Lipinski definition) is 5. The van der Waals surface area contributed by atoms with E-state index in [4.69, 9.17) is 16.0 Å². The second kappa shape index (κ2) is 18.5. The first kappa shape index (κ1) is 32.3. The fraction of sp³-hybridized carbons (Fsp3) is 0.367. The molecule has 206 valence electrons. The number of rotatable bonds is 10. The van der Waals surface area contributed by atoms with Gasteiger partial charge in [-0.05, 0) is 47.1 Å². The smallest absolute Gasteiger partial charge is 0.244 e. The lowest BCUT2D eigenvalue weighted by Crippen LogP contribution is -2.39. The number of fused-ring (bicyclic) bond motifs is 1. The van der Waals surface area contributed by atoms with Crippen LogP contribution in [0.15, 0.2) is 72.8 Å². The molecule has 0 aromatic heterocycles. The average molecular weight is 524 g/mol. The summed E-state index contributed by atoms with van der Waals surface area (Å²) in [6.07, 6.45) is 1.94. The van der Waals surface area contributed by atoms with Crippen LogP contribution in [0, 0.1) is 11.8 Å². The molecule has 0 spiro atoms. The third kappa shape index (κ3) is 14.1. The molecule has 1 unspecified atom stereocenters. The molecular formula is C30H41N3O5. The second-order valence-electron chi connectivity index (χ2n) is 9.55. The van der Waals surface area contributed by atoms with E-state index in [9.17, 15) is 14.4 Å². The van der Waals surface area contributed by atoms with Gasteiger partial charge in [-0.15, -0.1) is 0 Å². The van der Waals surface area contributed by atoms with Gasteiger partial charge in [-0.25, -0.2) is 5.48 Å². The molecule has 38 heavy (non-hydrogen) atoms. The predicted octanol–water partition coefficient (Wildman–Crippen LogP) is 3.77. The summed E-state index contributed by atoms with van der Waals surface area (Å²) in [5.41, 5.74) is 8.71. The lowest BCUT2D eigenvalue weighted by Gasteiger charge is -2.16. The van der Waals surface area contributed by atoms with Crippen LogP contribution < -0.4 is 16.5 Å². The number of amides is 3. The van der Waals surface area contributed by atoms with Crippen LogP contribution in [-0.2, 0) is 27.2 Å². The van der Waals surface area contributed by atoms with E-state index in [2.05, 4.69) is 38.2 Å². The molecule has 0 saturated carbocycles. The normalized spacial score (nSPS) is 10.9. The highest BCUT2D eigenvalue weighted by Crippen LogP contribution is 2.19. The number of hydroxylamine groups is 1. The van der Waals surface area contributed by atoms with Crippen LogP contribution in [0.1, 0.15) is 44.7 Å². The quantitative estimate of drug-likeness (QED) is 0.203. The van der Waals surface area contributed by atoms with Gasteiger partial charge in [0.05, 0.1) is 12.5 Å². The summed E-state index contributed by atoms with van der Waals surface area (Å²) >= 11 is 0. The highest BCUT2D eigenvalue weighted by molar-refractivity contribution is 5.89. The third-order valence-corrected chi connectivity index (χ3v) is 5.13. The molecule has 0 aliphatic rings. The van der Waals surface area contributed by atoms with Gasteiger partial charge in [0, 0.05) is 13.0 Å². The molecular weight excluding hydrogens is 482 g/mol. The number of aryl methyl sites for hydroxylation is 1. The number of nitrogens with two attached hydrogens (primary N) is 1. The van der Waals surface area contributed by atoms with Crippen molar-refractivity contribution in [2.45, 2.75) is 46.5 Å². The van der Waals surface area contributed by atoms with E-state index in [0.717, 1.165) is 35.1 Å². The summed E-state index contributed by atoms with van der Waals surface area (Å²) in [6.45, 7) is 6.49. The number of carbonyl (C=O) groups is 3. The van der Waals surface area contributed by atoms with Gasteiger partial charge in [0.2, 0.25) is 17.7 Å². The van der Waals surface area contributed by atoms with Gasteiger partial charge in [0.1, 0.15) is 0 Å². The van der Waals surface area contributed by atoms with Crippen molar-refractivity contribution in [1.82, 2.24) is 10.8 Å². The number of nitrogens with one attached hydrogen (secondary N) is 2. The summed E-state index contributed by atoms with van der Waals surface area (Å²) in [7, 11) is 0. The molecule has 0 heterocycles. The molecule has 8 heteroatoms. The van der Waals surface area contributed by atoms with Gasteiger partial charge in [-0.1, -0.05) is 93.6 Å². The number of hydrogen-bond donors (Lipinski definition) is 5. The summed E-state index contributed by atoms with van der Waals surface area (Å²) in [4.78, 5) is 34.4. The van der Waals surface area contributed by atoms with Gasteiger partial charge >= 0.3 is 0 Å². The number of aliphatic hydroxyl groups is 1. The molecule has 8 nitrogen and oxygen atoms in total. The van der Waals surface area contributed by atoms with E-state index in [0.29, 0.717) is 6.42 Å². The van der Waals surface area contributed by atoms with E-state index < -0.39 is 23.6 Å². The Morgan fingerprint density at radius 2 is 1.47 bits per heavy atom. The Morgan fingerprint density at radius 1 is 0.868 bits per heavy atom. The molecule has 3 rings (SSSR count). The highest BCUT2D eigenvalue weighted by atomic mass is 16.5. The first-order chi connectivity index (χ1) is 18.2. The van der Waals surface area contributed by atoms with Gasteiger partial charge < -0.3 is 16.2 Å². The molecule has 3 aromatic rings. The summed E-state index contributed by atoms with van der Waals surface area (Å²) < 4.78 is 0. The van der Waals surface area contributed by atoms with Crippen molar-refractivity contribution in [1.29, 1.82) is 0 Å². The Morgan fingerprint density at radius 3 is 2.05 bits per heavy atom. The lowest BCUT2D eigenvalue weighted by molar-refractivity contribution is -0.135. The van der Waals surface area contributed by atoms with E-state index in [-0.39, 0.29) is 19.6 Å². The van der Waals surface area contributed by atoms with Crippen molar-refractivity contribution in [3.05, 3.63) is 83.9 Å². The standard InChI is InChI=1S/C17H19N3O4.C9H12O.C4H10/c18-15(21)10-19-17(23)14(9-16(22)20-24)8-11-5-6-12-3-1-2-4-13(12)7-11;10-8-4-7-9-5-2-1-3-6-9;1-4(2)3/h1-7,14,24H,8-10H2,(H2,18,21)(H,19,23)(H,20,22);1-3,5-6,10H,4,7-8H2;4H,1-3H3. The minimum atomic E-state index is -0.724. The van der Waals surface area contributed by atoms with Crippen LogP contribution in [0.5, 0.6) is 0 Å². The van der Waals surface area contributed by atoms with Crippen molar-refractivity contribution in [3.8, 4) is 0 Å². The Balaban J connectivity index is 0.000000424. The van der Waals surface area contributed by atoms with Crippen LogP contribution in [0.3, 0.4) is 0 Å². The van der Waals surface area contributed by atoms with Gasteiger partial charge in [0.25, 0.3) is 0 Å². The Labute approximate surface area is 225 Å². The topological polar surface area (TPSA) is 142 Å². The minimum Gasteiger partial charge on any atom is -0.396 e. The predicted molar refractivity (Wildman–Crippen MR) is 150 cm³/mol. The molecule has 3 amide bonds. The zero-order chi connectivity index (χ0) is 28.3. The number of benzene rings is 3. The second-order valence-corrected chi connectivity index (χ2v) is 9.55. The molecule has 3 aromatic carbocycles. The molecule has 0 bridgehead atoms. The average Bonchev–Trinajstić information content (AvgIpc) is 2.90. The van der Waals surface area contributed by atoms with Gasteiger partial charge in [-0.2, -0.15) is 0 Å². The van der Waals surface area contributed by atoms with Crippen LogP contribution in [0.25, 0.3) is 10.8 Å². The Bertz CT molecular complexity index is 1120. The van der Waals surface area contributed by atoms with E-state index in [1.807, 2.05) is 60.7 Å². The molecule has 0 aliphatic carbocycles. The number of aliphatic hydroxyl groups excluding tert-OH is 1. The summed E-state index contributed by atoms with van der Waals surface area (Å²) in [5, 5.41) is 21.7. The summed E-state index contributed by atoms with van der Waals surface area (Å²) in [5.74, 6) is -1.70. The zero-order valence-electron chi connectivity index (χ0n) is 22.5. The van der Waals surface area contributed by atoms with Crippen molar-refractivity contribution in [3.63, 3.8) is 0 Å². The molecule has 6 N–H and O–H groups in total. The van der Waals surface area contributed by atoms with E-state index in [1.165, 1.54) is 11.0 Å². The molecule has 0 fully saturated rings. The first-order valence-corrected chi connectivity index (χ1v) is 12.8. The SMILES string of the molecule is CC(C)C.NC(=O)CNC(=O)C(CC(=O)NO)Cc1ccc2ccccc2c1.OCCCc1ccccc1. The highest BCUT2D eigenvalue weighted by Gasteiger charge is 2.22. The molecule has 0 aliphatic heterocycles.